The van der Waals surface area contributed by atoms with Crippen molar-refractivity contribution in [1.82, 2.24) is 0 Å². The van der Waals surface area contributed by atoms with Gasteiger partial charge in [0, 0.05) is 11.6 Å². The molecule has 2 aromatic rings. The van der Waals surface area contributed by atoms with E-state index in [9.17, 15) is 20.1 Å². The molecule has 0 spiro atoms. The molecular formula is C14H12O5. The van der Waals surface area contributed by atoms with Crippen molar-refractivity contribution in [1.29, 1.82) is 0 Å². The second-order valence-electron chi connectivity index (χ2n) is 3.93. The fraction of sp³-hybridized carbons (Fsp3) is 0.0714. The van der Waals surface area contributed by atoms with Gasteiger partial charge in [-0.25, -0.2) is 4.79 Å². The van der Waals surface area contributed by atoms with E-state index in [1.807, 2.05) is 0 Å². The number of methoxy groups -OCH3 is 1. The summed E-state index contributed by atoms with van der Waals surface area (Å²) in [5, 5.41) is 28.8. The topological polar surface area (TPSA) is 87.0 Å². The number of rotatable bonds is 2. The highest BCUT2D eigenvalue weighted by Crippen LogP contribution is 2.35. The first kappa shape index (κ1) is 12.8. The van der Waals surface area contributed by atoms with Gasteiger partial charge in [-0.15, -0.1) is 0 Å². The Morgan fingerprint density at radius 1 is 1.05 bits per heavy atom. The van der Waals surface area contributed by atoms with Gasteiger partial charge in [-0.1, -0.05) is 12.1 Å². The van der Waals surface area contributed by atoms with Crippen molar-refractivity contribution >= 4 is 5.97 Å². The average molecular weight is 260 g/mol. The van der Waals surface area contributed by atoms with Gasteiger partial charge < -0.3 is 20.1 Å². The lowest BCUT2D eigenvalue weighted by molar-refractivity contribution is 0.0598. The number of benzene rings is 2. The van der Waals surface area contributed by atoms with E-state index in [4.69, 9.17) is 0 Å². The number of hydrogen-bond acceptors (Lipinski definition) is 5. The van der Waals surface area contributed by atoms with Gasteiger partial charge >= 0.3 is 5.97 Å². The molecule has 0 amide bonds. The summed E-state index contributed by atoms with van der Waals surface area (Å²) in [7, 11) is 1.20. The number of aromatic hydroxyl groups is 3. The minimum absolute atomic E-state index is 0.0103. The summed E-state index contributed by atoms with van der Waals surface area (Å²) in [5.74, 6) is -1.29. The molecule has 0 radical (unpaired) electrons. The molecule has 5 heteroatoms. The van der Waals surface area contributed by atoms with Crippen LogP contribution in [0.3, 0.4) is 0 Å². The summed E-state index contributed by atoms with van der Waals surface area (Å²) in [6.45, 7) is 0. The van der Waals surface area contributed by atoms with Crippen LogP contribution in [0.15, 0.2) is 36.4 Å². The number of phenols is 3. The Hall–Kier alpha value is -2.69. The van der Waals surface area contributed by atoms with Gasteiger partial charge in [-0.3, -0.25) is 0 Å². The molecule has 0 aromatic heterocycles. The van der Waals surface area contributed by atoms with Crippen LogP contribution in [0.5, 0.6) is 17.2 Å². The van der Waals surface area contributed by atoms with E-state index < -0.39 is 5.97 Å². The number of carbonyl (C=O) groups excluding carboxylic acids is 1. The molecule has 0 saturated heterocycles. The van der Waals surface area contributed by atoms with Gasteiger partial charge in [0.05, 0.1) is 7.11 Å². The third-order valence-electron chi connectivity index (χ3n) is 2.65. The molecular weight excluding hydrogens is 248 g/mol. The van der Waals surface area contributed by atoms with Gasteiger partial charge in [-0.05, 0) is 23.8 Å². The first-order valence-electron chi connectivity index (χ1n) is 5.46. The van der Waals surface area contributed by atoms with Crippen LogP contribution in [0.25, 0.3) is 11.1 Å². The minimum Gasteiger partial charge on any atom is -0.508 e. The molecule has 0 atom stereocenters. The zero-order valence-electron chi connectivity index (χ0n) is 10.1. The third-order valence-corrected chi connectivity index (χ3v) is 2.65. The zero-order valence-corrected chi connectivity index (χ0v) is 10.1. The molecule has 3 N–H and O–H groups in total. The van der Waals surface area contributed by atoms with Gasteiger partial charge in [0.15, 0.2) is 0 Å². The number of hydrogen-bond donors (Lipinski definition) is 3. The highest BCUT2D eigenvalue weighted by atomic mass is 16.5. The van der Waals surface area contributed by atoms with Crippen molar-refractivity contribution in [2.24, 2.45) is 0 Å². The van der Waals surface area contributed by atoms with Gasteiger partial charge in [0.2, 0.25) is 0 Å². The summed E-state index contributed by atoms with van der Waals surface area (Å²) in [6.07, 6.45) is 0. The molecule has 0 aliphatic carbocycles. The first-order valence-corrected chi connectivity index (χ1v) is 5.46. The Labute approximate surface area is 109 Å². The van der Waals surface area contributed by atoms with E-state index in [2.05, 4.69) is 4.74 Å². The Balaban J connectivity index is 2.71. The van der Waals surface area contributed by atoms with Crippen molar-refractivity contribution in [3.05, 3.63) is 42.0 Å². The number of esters is 1. The molecule has 0 aliphatic rings. The van der Waals surface area contributed by atoms with Crippen molar-refractivity contribution in [3.8, 4) is 28.4 Å². The lowest BCUT2D eigenvalue weighted by Crippen LogP contribution is -2.04. The fourth-order valence-electron chi connectivity index (χ4n) is 1.83. The van der Waals surface area contributed by atoms with Crippen molar-refractivity contribution in [3.63, 3.8) is 0 Å². The lowest BCUT2D eigenvalue weighted by atomic mass is 9.98. The predicted octanol–water partition coefficient (Wildman–Crippen LogP) is 2.26. The summed E-state index contributed by atoms with van der Waals surface area (Å²) in [6, 6.07) is 8.50. The van der Waals surface area contributed by atoms with E-state index in [1.165, 1.54) is 25.3 Å². The smallest absolute Gasteiger partial charge is 0.342 e. The van der Waals surface area contributed by atoms with Crippen LogP contribution >= 0.6 is 0 Å². The maximum absolute atomic E-state index is 11.7. The van der Waals surface area contributed by atoms with Crippen molar-refractivity contribution < 1.29 is 24.9 Å². The van der Waals surface area contributed by atoms with E-state index in [0.29, 0.717) is 5.56 Å². The second kappa shape index (κ2) is 4.89. The normalized spacial score (nSPS) is 10.2. The molecule has 0 aliphatic heterocycles. The molecule has 0 saturated carbocycles. The van der Waals surface area contributed by atoms with E-state index >= 15 is 0 Å². The standard InChI is InChI=1S/C14H12O5/c1-19-14(18)13-11(6-10(16)7-12(13)17)8-3-2-4-9(15)5-8/h2-7,15-17H,1H3. The maximum atomic E-state index is 11.7. The van der Waals surface area contributed by atoms with E-state index in [-0.39, 0.29) is 28.4 Å². The summed E-state index contributed by atoms with van der Waals surface area (Å²) in [4.78, 5) is 11.7. The molecule has 2 aromatic carbocycles. The Morgan fingerprint density at radius 2 is 1.79 bits per heavy atom. The van der Waals surface area contributed by atoms with Crippen molar-refractivity contribution in [2.45, 2.75) is 0 Å². The van der Waals surface area contributed by atoms with Crippen LogP contribution < -0.4 is 0 Å². The molecule has 5 nitrogen and oxygen atoms in total. The number of ether oxygens (including phenoxy) is 1. The second-order valence-corrected chi connectivity index (χ2v) is 3.93. The minimum atomic E-state index is -0.726. The lowest BCUT2D eigenvalue weighted by Gasteiger charge is -2.11. The van der Waals surface area contributed by atoms with E-state index in [1.54, 1.807) is 12.1 Å². The quantitative estimate of drug-likeness (QED) is 0.721. The zero-order chi connectivity index (χ0) is 14.0. The molecule has 0 heterocycles. The van der Waals surface area contributed by atoms with Crippen LogP contribution in [-0.2, 0) is 4.74 Å². The van der Waals surface area contributed by atoms with Crippen LogP contribution in [0, 0.1) is 0 Å². The fourth-order valence-corrected chi connectivity index (χ4v) is 1.83. The summed E-state index contributed by atoms with van der Waals surface area (Å²) >= 11 is 0. The van der Waals surface area contributed by atoms with Gasteiger partial charge in [0.1, 0.15) is 22.8 Å². The Bertz CT molecular complexity index is 634. The predicted molar refractivity (Wildman–Crippen MR) is 68.2 cm³/mol. The SMILES string of the molecule is COC(=O)c1c(O)cc(O)cc1-c1cccc(O)c1. The molecule has 98 valence electrons. The number of phenolic OH excluding ortho intramolecular Hbond substituents is 3. The van der Waals surface area contributed by atoms with Crippen LogP contribution in [0.4, 0.5) is 0 Å². The summed E-state index contributed by atoms with van der Waals surface area (Å²) in [5.41, 5.74) is 0.692. The monoisotopic (exact) mass is 260 g/mol. The maximum Gasteiger partial charge on any atom is 0.342 e. The van der Waals surface area contributed by atoms with Crippen LogP contribution in [0.1, 0.15) is 10.4 Å². The molecule has 0 bridgehead atoms. The van der Waals surface area contributed by atoms with E-state index in [0.717, 1.165) is 6.07 Å². The molecule has 2 rings (SSSR count). The summed E-state index contributed by atoms with van der Waals surface area (Å²) < 4.78 is 4.61. The van der Waals surface area contributed by atoms with Crippen LogP contribution in [0.2, 0.25) is 0 Å². The Kier molecular flexibility index (Phi) is 3.29. The van der Waals surface area contributed by atoms with Crippen LogP contribution in [-0.4, -0.2) is 28.4 Å². The van der Waals surface area contributed by atoms with Gasteiger partial charge in [0.25, 0.3) is 0 Å². The molecule has 0 unspecified atom stereocenters. The molecule has 19 heavy (non-hydrogen) atoms. The average Bonchev–Trinajstić information content (AvgIpc) is 2.37. The largest absolute Gasteiger partial charge is 0.508 e. The highest BCUT2D eigenvalue weighted by Gasteiger charge is 2.19. The highest BCUT2D eigenvalue weighted by molar-refractivity contribution is 6.00. The third kappa shape index (κ3) is 2.44. The Morgan fingerprint density at radius 3 is 2.42 bits per heavy atom. The van der Waals surface area contributed by atoms with Crippen molar-refractivity contribution in [2.75, 3.05) is 7.11 Å². The first-order chi connectivity index (χ1) is 9.02. The van der Waals surface area contributed by atoms with Gasteiger partial charge in [-0.2, -0.15) is 0 Å². The molecule has 0 fully saturated rings. The number of carbonyl (C=O) groups is 1.